The largest absolute Gasteiger partial charge is 0.454 e. The molecular formula is C20H26N4O3S. The van der Waals surface area contributed by atoms with E-state index in [0.29, 0.717) is 11.7 Å². The summed E-state index contributed by atoms with van der Waals surface area (Å²) in [5, 5.41) is 10.6. The molecule has 0 bridgehead atoms. The number of nitrogens with zero attached hydrogens (tertiary/aromatic N) is 2. The Morgan fingerprint density at radius 2 is 2.14 bits per heavy atom. The van der Waals surface area contributed by atoms with Crippen molar-refractivity contribution in [3.63, 3.8) is 0 Å². The summed E-state index contributed by atoms with van der Waals surface area (Å²) in [5.74, 6) is 3.18. The van der Waals surface area contributed by atoms with Crippen molar-refractivity contribution in [2.75, 3.05) is 6.79 Å². The Morgan fingerprint density at radius 1 is 1.32 bits per heavy atom. The minimum atomic E-state index is -0.271. The molecule has 1 aliphatic carbocycles. The smallest absolute Gasteiger partial charge is 0.233 e. The van der Waals surface area contributed by atoms with Crippen LogP contribution in [0, 0.1) is 5.92 Å². The minimum absolute atomic E-state index is 0.0417. The van der Waals surface area contributed by atoms with Gasteiger partial charge in [0.25, 0.3) is 0 Å². The number of carbonyl (C=O) groups is 1. The van der Waals surface area contributed by atoms with Gasteiger partial charge in [0, 0.05) is 13.0 Å². The van der Waals surface area contributed by atoms with Crippen LogP contribution < -0.4 is 14.8 Å². The van der Waals surface area contributed by atoms with Crippen LogP contribution in [0.3, 0.4) is 0 Å². The third-order valence-corrected chi connectivity index (χ3v) is 6.29. The summed E-state index contributed by atoms with van der Waals surface area (Å²) in [7, 11) is 0. The molecule has 1 amide bonds. The average molecular weight is 403 g/mol. The molecule has 0 radical (unpaired) electrons. The predicted molar refractivity (Wildman–Crippen MR) is 106 cm³/mol. The molecule has 1 aromatic heterocycles. The average Bonchev–Trinajstić information content (AvgIpc) is 3.45. The lowest BCUT2D eigenvalue weighted by Gasteiger charge is -2.10. The van der Waals surface area contributed by atoms with E-state index in [-0.39, 0.29) is 18.0 Å². The number of H-pyrrole nitrogens is 1. The van der Waals surface area contributed by atoms with Crippen molar-refractivity contribution in [3.05, 3.63) is 29.6 Å². The molecule has 28 heavy (non-hydrogen) atoms. The summed E-state index contributed by atoms with van der Waals surface area (Å²) < 4.78 is 10.7. The van der Waals surface area contributed by atoms with Gasteiger partial charge in [-0.3, -0.25) is 9.89 Å². The molecule has 1 unspecified atom stereocenters. The lowest BCUT2D eigenvalue weighted by Crippen LogP contribution is -2.30. The number of carbonyl (C=O) groups excluding carboxylic acids is 1. The number of fused-ring (bicyclic) bond motifs is 1. The number of aromatic amines is 1. The third kappa shape index (κ3) is 4.79. The van der Waals surface area contributed by atoms with E-state index in [4.69, 9.17) is 9.47 Å². The van der Waals surface area contributed by atoms with Gasteiger partial charge in [0.1, 0.15) is 5.82 Å². The van der Waals surface area contributed by atoms with E-state index in [2.05, 4.69) is 20.5 Å². The van der Waals surface area contributed by atoms with Gasteiger partial charge in [-0.25, -0.2) is 4.98 Å². The maximum Gasteiger partial charge on any atom is 0.233 e. The number of rotatable bonds is 8. The molecule has 0 spiro atoms. The first-order valence-corrected chi connectivity index (χ1v) is 10.8. The van der Waals surface area contributed by atoms with Gasteiger partial charge in [-0.1, -0.05) is 43.5 Å². The van der Waals surface area contributed by atoms with E-state index in [1.165, 1.54) is 43.9 Å². The monoisotopic (exact) mass is 402 g/mol. The summed E-state index contributed by atoms with van der Waals surface area (Å²) >= 11 is 1.38. The highest BCUT2D eigenvalue weighted by atomic mass is 32.2. The molecule has 0 saturated heterocycles. The number of thioether (sulfide) groups is 1. The van der Waals surface area contributed by atoms with E-state index in [0.717, 1.165) is 35.2 Å². The summed E-state index contributed by atoms with van der Waals surface area (Å²) in [6, 6.07) is 5.69. The van der Waals surface area contributed by atoms with Gasteiger partial charge in [-0.15, -0.1) is 5.10 Å². The van der Waals surface area contributed by atoms with Crippen molar-refractivity contribution in [1.82, 2.24) is 20.5 Å². The molecule has 2 heterocycles. The number of hydrogen-bond donors (Lipinski definition) is 2. The molecule has 2 N–H and O–H groups in total. The third-order valence-electron chi connectivity index (χ3n) is 5.33. The molecule has 8 heteroatoms. The lowest BCUT2D eigenvalue weighted by molar-refractivity contribution is -0.120. The van der Waals surface area contributed by atoms with Crippen LogP contribution >= 0.6 is 11.8 Å². The van der Waals surface area contributed by atoms with Crippen molar-refractivity contribution in [1.29, 1.82) is 0 Å². The van der Waals surface area contributed by atoms with Crippen LogP contribution in [0.25, 0.3) is 0 Å². The molecule has 150 valence electrons. The van der Waals surface area contributed by atoms with Crippen molar-refractivity contribution in [2.24, 2.45) is 5.92 Å². The van der Waals surface area contributed by atoms with Crippen LogP contribution in [0.4, 0.5) is 0 Å². The zero-order valence-corrected chi connectivity index (χ0v) is 16.9. The van der Waals surface area contributed by atoms with E-state index in [1.807, 2.05) is 25.1 Å². The normalized spacial score (nSPS) is 17.0. The highest BCUT2D eigenvalue weighted by Crippen LogP contribution is 2.32. The Hall–Kier alpha value is -2.22. The van der Waals surface area contributed by atoms with Gasteiger partial charge < -0.3 is 14.8 Å². The number of aryl methyl sites for hydroxylation is 1. The molecular weight excluding hydrogens is 376 g/mol. The van der Waals surface area contributed by atoms with E-state index >= 15 is 0 Å². The van der Waals surface area contributed by atoms with E-state index in [9.17, 15) is 4.79 Å². The number of benzene rings is 1. The molecule has 1 atom stereocenters. The van der Waals surface area contributed by atoms with Gasteiger partial charge >= 0.3 is 0 Å². The predicted octanol–water partition coefficient (Wildman–Crippen LogP) is 3.45. The maximum atomic E-state index is 12.4. The number of ether oxygens (including phenoxy) is 2. The van der Waals surface area contributed by atoms with Crippen LogP contribution in [0.15, 0.2) is 23.4 Å². The van der Waals surface area contributed by atoms with Crippen LogP contribution in [-0.4, -0.2) is 33.1 Å². The number of amides is 1. The summed E-state index contributed by atoms with van der Waals surface area (Å²) in [6.07, 6.45) is 7.52. The van der Waals surface area contributed by atoms with Crippen molar-refractivity contribution < 1.29 is 14.3 Å². The second-order valence-corrected chi connectivity index (χ2v) is 8.73. The Labute approximate surface area is 169 Å². The standard InChI is InChI=1S/C20H26N4O3S/c1-13(19(25)21-11-15-6-8-16-17(10-15)27-12-26-16)28-20-22-18(23-24-20)9-7-14-4-2-3-5-14/h6,8,10,13-14H,2-5,7,9,11-12H2,1H3,(H,21,25)(H,22,23,24). The van der Waals surface area contributed by atoms with Gasteiger partial charge in [-0.2, -0.15) is 0 Å². The number of aromatic nitrogens is 3. The molecule has 1 aromatic carbocycles. The number of hydrogen-bond acceptors (Lipinski definition) is 6. The van der Waals surface area contributed by atoms with Gasteiger partial charge in [-0.05, 0) is 37.0 Å². The van der Waals surface area contributed by atoms with Gasteiger partial charge in [0.05, 0.1) is 5.25 Å². The van der Waals surface area contributed by atoms with Crippen molar-refractivity contribution in [2.45, 2.75) is 62.4 Å². The number of nitrogens with one attached hydrogen (secondary N) is 2. The van der Waals surface area contributed by atoms with Crippen molar-refractivity contribution >= 4 is 17.7 Å². The minimum Gasteiger partial charge on any atom is -0.454 e. The second-order valence-electron chi connectivity index (χ2n) is 7.42. The quantitative estimate of drug-likeness (QED) is 0.658. The van der Waals surface area contributed by atoms with Crippen LogP contribution in [-0.2, 0) is 17.8 Å². The summed E-state index contributed by atoms with van der Waals surface area (Å²) in [4.78, 5) is 16.9. The van der Waals surface area contributed by atoms with E-state index < -0.39 is 0 Å². The van der Waals surface area contributed by atoms with Gasteiger partial charge in [0.2, 0.25) is 17.9 Å². The van der Waals surface area contributed by atoms with Gasteiger partial charge in [0.15, 0.2) is 11.5 Å². The zero-order valence-electron chi connectivity index (χ0n) is 16.1. The van der Waals surface area contributed by atoms with Crippen molar-refractivity contribution in [3.8, 4) is 11.5 Å². The Bertz CT molecular complexity index is 820. The molecule has 2 aromatic rings. The molecule has 1 aliphatic heterocycles. The lowest BCUT2D eigenvalue weighted by atomic mass is 10.0. The summed E-state index contributed by atoms with van der Waals surface area (Å²) in [6.45, 7) is 2.56. The first-order valence-electron chi connectivity index (χ1n) is 9.91. The van der Waals surface area contributed by atoms with Crippen LogP contribution in [0.1, 0.15) is 50.4 Å². The Kier molecular flexibility index (Phi) is 6.04. The second kappa shape index (κ2) is 8.86. The van der Waals surface area contributed by atoms with Crippen LogP contribution in [0.2, 0.25) is 0 Å². The first kappa shape index (κ1) is 19.1. The Balaban J connectivity index is 1.23. The molecule has 4 rings (SSSR count). The SMILES string of the molecule is CC(Sc1n[nH]c(CCC2CCCC2)n1)C(=O)NCc1ccc2c(c1)OCO2. The highest BCUT2D eigenvalue weighted by Gasteiger charge is 2.19. The van der Waals surface area contributed by atoms with Crippen LogP contribution in [0.5, 0.6) is 11.5 Å². The summed E-state index contributed by atoms with van der Waals surface area (Å²) in [5.41, 5.74) is 0.974. The fraction of sp³-hybridized carbons (Fsp3) is 0.550. The van der Waals surface area contributed by atoms with E-state index in [1.54, 1.807) is 0 Å². The molecule has 1 fully saturated rings. The topological polar surface area (TPSA) is 89.1 Å². The molecule has 7 nitrogen and oxygen atoms in total. The fourth-order valence-corrected chi connectivity index (χ4v) is 4.45. The zero-order chi connectivity index (χ0) is 19.3. The molecule has 1 saturated carbocycles. The first-order chi connectivity index (χ1) is 13.7. The Morgan fingerprint density at radius 3 is 3.00 bits per heavy atom. The fourth-order valence-electron chi connectivity index (χ4n) is 3.68. The maximum absolute atomic E-state index is 12.4. The highest BCUT2D eigenvalue weighted by molar-refractivity contribution is 8.00. The molecule has 2 aliphatic rings.